The van der Waals surface area contributed by atoms with E-state index in [1.165, 1.54) is 32.1 Å². The summed E-state index contributed by atoms with van der Waals surface area (Å²) < 4.78 is 1.95. The van der Waals surface area contributed by atoms with E-state index < -0.39 is 0 Å². The van der Waals surface area contributed by atoms with Crippen LogP contribution in [0.5, 0.6) is 0 Å². The van der Waals surface area contributed by atoms with Crippen molar-refractivity contribution in [2.45, 2.75) is 58.9 Å². The fourth-order valence-electron chi connectivity index (χ4n) is 4.06. The summed E-state index contributed by atoms with van der Waals surface area (Å²) in [4.78, 5) is 0. The first kappa shape index (κ1) is 15.8. The van der Waals surface area contributed by atoms with E-state index in [0.29, 0.717) is 17.4 Å². The third-order valence-corrected chi connectivity index (χ3v) is 4.94. The average Bonchev–Trinajstić information content (AvgIpc) is 2.95. The summed E-state index contributed by atoms with van der Waals surface area (Å²) in [5, 5.41) is 8.85. The van der Waals surface area contributed by atoms with E-state index in [0.717, 1.165) is 17.3 Å². The van der Waals surface area contributed by atoms with Crippen LogP contribution >= 0.6 is 11.6 Å². The first-order valence-electron chi connectivity index (χ1n) is 7.91. The lowest BCUT2D eigenvalue weighted by Gasteiger charge is -2.40. The lowest BCUT2D eigenvalue weighted by molar-refractivity contribution is 0.151. The highest BCUT2D eigenvalue weighted by molar-refractivity contribution is 6.31. The highest BCUT2D eigenvalue weighted by Gasteiger charge is 2.43. The average molecular weight is 298 g/mol. The molecule has 1 fully saturated rings. The van der Waals surface area contributed by atoms with Gasteiger partial charge in [-0.2, -0.15) is 5.10 Å². The Morgan fingerprint density at radius 2 is 2.05 bits per heavy atom. The van der Waals surface area contributed by atoms with Gasteiger partial charge in [0.1, 0.15) is 0 Å². The monoisotopic (exact) mass is 297 g/mol. The molecule has 1 unspecified atom stereocenters. The van der Waals surface area contributed by atoms with Crippen LogP contribution in [0.1, 0.15) is 64.6 Å². The van der Waals surface area contributed by atoms with Crippen LogP contribution in [0.2, 0.25) is 5.02 Å². The van der Waals surface area contributed by atoms with Crippen LogP contribution < -0.4 is 5.32 Å². The van der Waals surface area contributed by atoms with Crippen LogP contribution in [0, 0.1) is 11.3 Å². The van der Waals surface area contributed by atoms with Crippen LogP contribution in [0.3, 0.4) is 0 Å². The molecule has 0 bridgehead atoms. The van der Waals surface area contributed by atoms with Crippen molar-refractivity contribution >= 4 is 11.6 Å². The number of hydrogen-bond acceptors (Lipinski definition) is 2. The third-order valence-electron chi connectivity index (χ3n) is 4.65. The Morgan fingerprint density at radius 3 is 2.50 bits per heavy atom. The summed E-state index contributed by atoms with van der Waals surface area (Å²) in [5.41, 5.74) is 1.50. The van der Waals surface area contributed by atoms with Gasteiger partial charge in [-0.3, -0.25) is 4.68 Å². The highest BCUT2D eigenvalue weighted by atomic mass is 35.5. The molecule has 114 valence electrons. The van der Waals surface area contributed by atoms with Gasteiger partial charge in [-0.25, -0.2) is 0 Å². The molecule has 1 saturated carbocycles. The summed E-state index contributed by atoms with van der Waals surface area (Å²) in [5.74, 6) is 0.709. The van der Waals surface area contributed by atoms with Crippen molar-refractivity contribution < 1.29 is 0 Å². The molecule has 1 N–H and O–H groups in total. The van der Waals surface area contributed by atoms with Gasteiger partial charge >= 0.3 is 0 Å². The number of rotatable bonds is 6. The van der Waals surface area contributed by atoms with Crippen LogP contribution in [-0.2, 0) is 7.05 Å². The van der Waals surface area contributed by atoms with Crippen molar-refractivity contribution in [3.05, 3.63) is 16.9 Å². The molecule has 1 aliphatic rings. The second kappa shape index (κ2) is 6.48. The molecule has 1 heterocycles. The van der Waals surface area contributed by atoms with E-state index in [1.54, 1.807) is 6.20 Å². The van der Waals surface area contributed by atoms with Crippen LogP contribution in [-0.4, -0.2) is 16.3 Å². The predicted octanol–water partition coefficient (Wildman–Crippen LogP) is 4.33. The van der Waals surface area contributed by atoms with Crippen molar-refractivity contribution in [2.75, 3.05) is 6.54 Å². The number of nitrogens with one attached hydrogen (secondary N) is 1. The Morgan fingerprint density at radius 1 is 1.40 bits per heavy atom. The fraction of sp³-hybridized carbons (Fsp3) is 0.812. The summed E-state index contributed by atoms with van der Waals surface area (Å²) in [6.07, 6.45) is 8.30. The van der Waals surface area contributed by atoms with Gasteiger partial charge in [-0.15, -0.1) is 0 Å². The van der Waals surface area contributed by atoms with Crippen LogP contribution in [0.25, 0.3) is 0 Å². The largest absolute Gasteiger partial charge is 0.308 e. The zero-order chi connectivity index (χ0) is 14.8. The number of aromatic nitrogens is 2. The maximum atomic E-state index is 6.43. The van der Waals surface area contributed by atoms with Crippen molar-refractivity contribution in [3.63, 3.8) is 0 Å². The quantitative estimate of drug-likeness (QED) is 0.847. The van der Waals surface area contributed by atoms with Crippen LogP contribution in [0.15, 0.2) is 6.20 Å². The van der Waals surface area contributed by atoms with Gasteiger partial charge in [0, 0.05) is 7.05 Å². The molecule has 1 atom stereocenters. The number of halogens is 1. The molecule has 1 aromatic rings. The highest BCUT2D eigenvalue weighted by Crippen LogP contribution is 2.52. The van der Waals surface area contributed by atoms with Gasteiger partial charge in [0.15, 0.2) is 0 Å². The standard InChI is InChI=1S/C16H28ClN3/c1-5-18-15(14-13(17)11-19-20(14)4)16(10-12(2)3)8-6-7-9-16/h11-12,15,18H,5-10H2,1-4H3. The second-order valence-corrected chi connectivity index (χ2v) is 7.07. The normalized spacial score (nSPS) is 19.7. The summed E-state index contributed by atoms with van der Waals surface area (Å²) >= 11 is 6.43. The first-order chi connectivity index (χ1) is 9.50. The molecule has 3 nitrogen and oxygen atoms in total. The molecule has 4 heteroatoms. The lowest BCUT2D eigenvalue weighted by atomic mass is 9.71. The molecule has 20 heavy (non-hydrogen) atoms. The molecule has 2 rings (SSSR count). The summed E-state index contributed by atoms with van der Waals surface area (Å²) in [6.45, 7) is 7.79. The number of nitrogens with zero attached hydrogens (tertiary/aromatic N) is 2. The SMILES string of the molecule is CCNC(c1c(Cl)cnn1C)C1(CC(C)C)CCCC1. The van der Waals surface area contributed by atoms with Gasteiger partial charge in [0.05, 0.1) is 23.0 Å². The predicted molar refractivity (Wildman–Crippen MR) is 85.0 cm³/mol. The maximum absolute atomic E-state index is 6.43. The van der Waals surface area contributed by atoms with Gasteiger partial charge < -0.3 is 5.32 Å². The van der Waals surface area contributed by atoms with Gasteiger partial charge in [-0.05, 0) is 37.1 Å². The Bertz CT molecular complexity index is 413. The summed E-state index contributed by atoms with van der Waals surface area (Å²) in [7, 11) is 2.00. The molecule has 0 spiro atoms. The van der Waals surface area contributed by atoms with Crippen LogP contribution in [0.4, 0.5) is 0 Å². The zero-order valence-electron chi connectivity index (χ0n) is 13.2. The third kappa shape index (κ3) is 3.04. The minimum absolute atomic E-state index is 0.317. The van der Waals surface area contributed by atoms with E-state index >= 15 is 0 Å². The number of aryl methyl sites for hydroxylation is 1. The smallest absolute Gasteiger partial charge is 0.0834 e. The fourth-order valence-corrected chi connectivity index (χ4v) is 4.33. The van der Waals surface area contributed by atoms with Crippen molar-refractivity contribution in [2.24, 2.45) is 18.4 Å². The molecule has 0 saturated heterocycles. The Labute approximate surface area is 128 Å². The molecular weight excluding hydrogens is 270 g/mol. The Kier molecular flexibility index (Phi) is 5.14. The Hall–Kier alpha value is -0.540. The van der Waals surface area contributed by atoms with E-state index in [1.807, 2.05) is 11.7 Å². The molecular formula is C16H28ClN3. The van der Waals surface area contributed by atoms with E-state index in [4.69, 9.17) is 11.6 Å². The van der Waals surface area contributed by atoms with Crippen molar-refractivity contribution in [1.82, 2.24) is 15.1 Å². The molecule has 1 aromatic heterocycles. The van der Waals surface area contributed by atoms with E-state index in [9.17, 15) is 0 Å². The summed E-state index contributed by atoms with van der Waals surface area (Å²) in [6, 6.07) is 0.317. The Balaban J connectivity index is 2.39. The maximum Gasteiger partial charge on any atom is 0.0834 e. The minimum atomic E-state index is 0.317. The van der Waals surface area contributed by atoms with E-state index in [2.05, 4.69) is 31.2 Å². The first-order valence-corrected chi connectivity index (χ1v) is 8.28. The van der Waals surface area contributed by atoms with E-state index in [-0.39, 0.29) is 0 Å². The molecule has 0 radical (unpaired) electrons. The molecule has 0 aliphatic heterocycles. The van der Waals surface area contributed by atoms with Crippen molar-refractivity contribution in [1.29, 1.82) is 0 Å². The zero-order valence-corrected chi connectivity index (χ0v) is 14.0. The molecule has 0 amide bonds. The number of hydrogen-bond donors (Lipinski definition) is 1. The van der Waals surface area contributed by atoms with Crippen molar-refractivity contribution in [3.8, 4) is 0 Å². The van der Waals surface area contributed by atoms with Gasteiger partial charge in [0.2, 0.25) is 0 Å². The van der Waals surface area contributed by atoms with Gasteiger partial charge in [-0.1, -0.05) is 45.2 Å². The topological polar surface area (TPSA) is 29.9 Å². The molecule has 1 aliphatic carbocycles. The van der Waals surface area contributed by atoms with Gasteiger partial charge in [0.25, 0.3) is 0 Å². The second-order valence-electron chi connectivity index (χ2n) is 6.66. The molecule has 0 aromatic carbocycles. The minimum Gasteiger partial charge on any atom is -0.308 e. The lowest BCUT2D eigenvalue weighted by Crippen LogP contribution is -2.39.